The number of nitrogens with zero attached hydrogens (tertiary/aromatic N) is 2. The third-order valence-corrected chi connectivity index (χ3v) is 3.99. The van der Waals surface area contributed by atoms with Gasteiger partial charge in [-0.2, -0.15) is 0 Å². The molecule has 0 aliphatic heterocycles. The van der Waals surface area contributed by atoms with Crippen molar-refractivity contribution in [3.8, 4) is 11.3 Å². The van der Waals surface area contributed by atoms with Crippen LogP contribution in [0.4, 0.5) is 5.82 Å². The van der Waals surface area contributed by atoms with Gasteiger partial charge in [0.1, 0.15) is 5.82 Å². The molecule has 3 rings (SSSR count). The topological polar surface area (TPSA) is 43.3 Å². The van der Waals surface area contributed by atoms with E-state index in [0.29, 0.717) is 11.7 Å². The molecule has 0 atom stereocenters. The van der Waals surface area contributed by atoms with Gasteiger partial charge in [0.2, 0.25) is 0 Å². The van der Waals surface area contributed by atoms with E-state index >= 15 is 0 Å². The van der Waals surface area contributed by atoms with Crippen LogP contribution in [-0.4, -0.2) is 9.38 Å². The number of imidazole rings is 1. The van der Waals surface area contributed by atoms with Crippen LogP contribution >= 0.6 is 11.3 Å². The van der Waals surface area contributed by atoms with Crippen molar-refractivity contribution >= 4 is 22.1 Å². The second-order valence-electron chi connectivity index (χ2n) is 4.70. The molecule has 0 radical (unpaired) electrons. The van der Waals surface area contributed by atoms with Gasteiger partial charge in [-0.3, -0.25) is 4.40 Å². The molecule has 0 saturated carbocycles. The summed E-state index contributed by atoms with van der Waals surface area (Å²) in [5.74, 6) is 1.24. The molecular formula is C14H15N3S. The number of rotatable bonds is 2. The fraction of sp³-hybridized carbons (Fsp3) is 0.214. The van der Waals surface area contributed by atoms with Crippen molar-refractivity contribution in [2.24, 2.45) is 0 Å². The first kappa shape index (κ1) is 11.3. The van der Waals surface area contributed by atoms with Gasteiger partial charge in [0, 0.05) is 5.38 Å². The summed E-state index contributed by atoms with van der Waals surface area (Å²) in [6.07, 6.45) is 1.71. The molecule has 0 aliphatic rings. The first-order chi connectivity index (χ1) is 8.66. The average molecular weight is 257 g/mol. The Morgan fingerprint density at radius 2 is 1.94 bits per heavy atom. The van der Waals surface area contributed by atoms with Crippen molar-refractivity contribution < 1.29 is 0 Å². The normalized spacial score (nSPS) is 11.5. The maximum atomic E-state index is 5.94. The van der Waals surface area contributed by atoms with Crippen molar-refractivity contribution in [2.45, 2.75) is 19.8 Å². The van der Waals surface area contributed by atoms with E-state index in [1.807, 2.05) is 4.40 Å². The second kappa shape index (κ2) is 4.14. The van der Waals surface area contributed by atoms with Crippen molar-refractivity contribution in [3.05, 3.63) is 41.4 Å². The summed E-state index contributed by atoms with van der Waals surface area (Å²) in [6, 6.07) is 8.65. The zero-order valence-electron chi connectivity index (χ0n) is 10.4. The SMILES string of the molecule is CC(C)c1ccc(-c2csc3ncc(N)n23)cc1. The Hall–Kier alpha value is -1.81. The molecule has 0 saturated heterocycles. The average Bonchev–Trinajstić information content (AvgIpc) is 2.93. The Kier molecular flexibility index (Phi) is 2.59. The number of nitrogens with two attached hydrogens (primary N) is 1. The van der Waals surface area contributed by atoms with E-state index in [9.17, 15) is 0 Å². The van der Waals surface area contributed by atoms with Crippen molar-refractivity contribution in [1.82, 2.24) is 9.38 Å². The van der Waals surface area contributed by atoms with Gasteiger partial charge in [0.15, 0.2) is 4.96 Å². The molecule has 0 unspecified atom stereocenters. The van der Waals surface area contributed by atoms with Crippen LogP contribution in [0.2, 0.25) is 0 Å². The van der Waals surface area contributed by atoms with Gasteiger partial charge >= 0.3 is 0 Å². The lowest BCUT2D eigenvalue weighted by molar-refractivity contribution is 0.867. The van der Waals surface area contributed by atoms with E-state index < -0.39 is 0 Å². The molecule has 0 aliphatic carbocycles. The van der Waals surface area contributed by atoms with Crippen LogP contribution in [-0.2, 0) is 0 Å². The Labute approximate surface area is 110 Å². The number of hydrogen-bond acceptors (Lipinski definition) is 3. The summed E-state index contributed by atoms with van der Waals surface area (Å²) in [7, 11) is 0. The number of hydrogen-bond donors (Lipinski definition) is 1. The highest BCUT2D eigenvalue weighted by Gasteiger charge is 2.10. The van der Waals surface area contributed by atoms with E-state index in [1.165, 1.54) is 11.1 Å². The predicted molar refractivity (Wildman–Crippen MR) is 77.0 cm³/mol. The highest BCUT2D eigenvalue weighted by Crippen LogP contribution is 2.29. The van der Waals surface area contributed by atoms with E-state index in [-0.39, 0.29) is 0 Å². The number of anilines is 1. The lowest BCUT2D eigenvalue weighted by Gasteiger charge is -2.06. The number of nitrogen functional groups attached to an aromatic ring is 1. The fourth-order valence-electron chi connectivity index (χ4n) is 2.07. The summed E-state index contributed by atoms with van der Waals surface area (Å²) in [6.45, 7) is 4.40. The molecule has 3 aromatic rings. The molecule has 0 spiro atoms. The number of benzene rings is 1. The molecule has 3 nitrogen and oxygen atoms in total. The molecule has 2 N–H and O–H groups in total. The van der Waals surface area contributed by atoms with E-state index in [0.717, 1.165) is 10.7 Å². The molecule has 4 heteroatoms. The third kappa shape index (κ3) is 1.69. The number of fused-ring (bicyclic) bond motifs is 1. The minimum Gasteiger partial charge on any atom is -0.383 e. The van der Waals surface area contributed by atoms with Crippen molar-refractivity contribution in [2.75, 3.05) is 5.73 Å². The van der Waals surface area contributed by atoms with Gasteiger partial charge in [-0.15, -0.1) is 11.3 Å². The Morgan fingerprint density at radius 3 is 2.61 bits per heavy atom. The summed E-state index contributed by atoms with van der Waals surface area (Å²) in [5.41, 5.74) is 9.58. The summed E-state index contributed by atoms with van der Waals surface area (Å²) in [5, 5.41) is 2.10. The fourth-order valence-corrected chi connectivity index (χ4v) is 2.95. The third-order valence-electron chi connectivity index (χ3n) is 3.15. The predicted octanol–water partition coefficient (Wildman–Crippen LogP) is 3.77. The summed E-state index contributed by atoms with van der Waals surface area (Å²) < 4.78 is 2.00. The minimum atomic E-state index is 0.555. The number of aromatic nitrogens is 2. The zero-order valence-corrected chi connectivity index (χ0v) is 11.2. The van der Waals surface area contributed by atoms with Crippen LogP contribution in [0.5, 0.6) is 0 Å². The molecule has 2 aromatic heterocycles. The summed E-state index contributed by atoms with van der Waals surface area (Å²) >= 11 is 1.61. The van der Waals surface area contributed by atoms with E-state index in [4.69, 9.17) is 5.73 Å². The second-order valence-corrected chi connectivity index (χ2v) is 5.54. The lowest BCUT2D eigenvalue weighted by Crippen LogP contribution is -1.93. The van der Waals surface area contributed by atoms with Gasteiger partial charge in [-0.05, 0) is 17.0 Å². The van der Waals surface area contributed by atoms with Crippen LogP contribution in [0, 0.1) is 0 Å². The molecule has 0 amide bonds. The smallest absolute Gasteiger partial charge is 0.195 e. The first-order valence-corrected chi connectivity index (χ1v) is 6.85. The minimum absolute atomic E-state index is 0.555. The van der Waals surface area contributed by atoms with Gasteiger partial charge in [-0.1, -0.05) is 38.1 Å². The Morgan fingerprint density at radius 1 is 1.22 bits per heavy atom. The largest absolute Gasteiger partial charge is 0.383 e. The molecule has 92 valence electrons. The van der Waals surface area contributed by atoms with E-state index in [2.05, 4.69) is 48.5 Å². The molecule has 1 aromatic carbocycles. The monoisotopic (exact) mass is 257 g/mol. The van der Waals surface area contributed by atoms with Crippen molar-refractivity contribution in [1.29, 1.82) is 0 Å². The molecule has 0 bridgehead atoms. The lowest BCUT2D eigenvalue weighted by atomic mass is 10.0. The van der Waals surface area contributed by atoms with E-state index in [1.54, 1.807) is 17.5 Å². The van der Waals surface area contributed by atoms with Crippen LogP contribution in [0.1, 0.15) is 25.3 Å². The number of thiazole rings is 1. The quantitative estimate of drug-likeness (QED) is 0.759. The molecular weight excluding hydrogens is 242 g/mol. The van der Waals surface area contributed by atoms with Crippen LogP contribution < -0.4 is 5.73 Å². The maximum Gasteiger partial charge on any atom is 0.195 e. The Bertz CT molecular complexity index is 677. The highest BCUT2D eigenvalue weighted by molar-refractivity contribution is 7.15. The first-order valence-electron chi connectivity index (χ1n) is 5.97. The standard InChI is InChI=1S/C14H15N3S/c1-9(2)10-3-5-11(6-4-10)12-8-18-14-16-7-13(15)17(12)14/h3-9H,15H2,1-2H3. The maximum absolute atomic E-state index is 5.94. The van der Waals surface area contributed by atoms with Gasteiger partial charge < -0.3 is 5.73 Å². The van der Waals surface area contributed by atoms with Crippen LogP contribution in [0.25, 0.3) is 16.2 Å². The van der Waals surface area contributed by atoms with Crippen LogP contribution in [0.3, 0.4) is 0 Å². The van der Waals surface area contributed by atoms with Crippen LogP contribution in [0.15, 0.2) is 35.8 Å². The van der Waals surface area contributed by atoms with Gasteiger partial charge in [-0.25, -0.2) is 4.98 Å². The van der Waals surface area contributed by atoms with Gasteiger partial charge in [0.05, 0.1) is 11.9 Å². The Balaban J connectivity index is 2.11. The molecule has 2 heterocycles. The highest BCUT2D eigenvalue weighted by atomic mass is 32.1. The zero-order chi connectivity index (χ0) is 12.7. The molecule has 18 heavy (non-hydrogen) atoms. The van der Waals surface area contributed by atoms with Crippen molar-refractivity contribution in [3.63, 3.8) is 0 Å². The molecule has 0 fully saturated rings. The van der Waals surface area contributed by atoms with Gasteiger partial charge in [0.25, 0.3) is 0 Å². The summed E-state index contributed by atoms with van der Waals surface area (Å²) in [4.78, 5) is 5.21.